The molecule has 2 aliphatic rings. The van der Waals surface area contributed by atoms with Gasteiger partial charge in [0.15, 0.2) is 0 Å². The Kier molecular flexibility index (Phi) is 6.39. The number of nitrogen functional groups attached to an aromatic ring is 1. The van der Waals surface area contributed by atoms with Gasteiger partial charge in [-0.05, 0) is 30.0 Å². The summed E-state index contributed by atoms with van der Waals surface area (Å²) in [6, 6.07) is 11.7. The minimum Gasteiger partial charge on any atom is -0.488 e. The Labute approximate surface area is 179 Å². The first-order chi connectivity index (χ1) is 14.7. The summed E-state index contributed by atoms with van der Waals surface area (Å²) in [6.45, 7) is 2.79. The summed E-state index contributed by atoms with van der Waals surface area (Å²) in [7, 11) is 0. The molecule has 1 aromatic carbocycles. The molecule has 2 N–H and O–H groups in total. The van der Waals surface area contributed by atoms with Crippen molar-refractivity contribution in [3.8, 4) is 29.0 Å². The van der Waals surface area contributed by atoms with E-state index in [0.717, 1.165) is 43.1 Å². The summed E-state index contributed by atoms with van der Waals surface area (Å²) in [6.07, 6.45) is 1.92. The molecule has 2 aliphatic heterocycles. The van der Waals surface area contributed by atoms with Gasteiger partial charge in [0.05, 0.1) is 25.4 Å². The van der Waals surface area contributed by atoms with Gasteiger partial charge in [0.2, 0.25) is 0 Å². The largest absolute Gasteiger partial charge is 0.488 e. The second-order valence-electron chi connectivity index (χ2n) is 7.32. The first kappa shape index (κ1) is 20.5. The van der Waals surface area contributed by atoms with Gasteiger partial charge in [-0.15, -0.1) is 11.8 Å². The van der Waals surface area contributed by atoms with Gasteiger partial charge in [-0.1, -0.05) is 12.1 Å². The Morgan fingerprint density at radius 2 is 1.80 bits per heavy atom. The average Bonchev–Trinajstić information content (AvgIpc) is 3.46. The van der Waals surface area contributed by atoms with Crippen molar-refractivity contribution in [2.75, 3.05) is 37.9 Å². The Hall–Kier alpha value is -2.78. The molecule has 4 rings (SSSR count). The SMILES string of the molecule is N#Cc1c(N)nc(SCC2CCOC2)c(C#N)c1-c1ccc(OC2CCOC2)cc1. The molecule has 2 atom stereocenters. The molecule has 0 spiro atoms. The number of benzene rings is 1. The number of anilines is 1. The van der Waals surface area contributed by atoms with Crippen LogP contribution in [0.25, 0.3) is 11.1 Å². The van der Waals surface area contributed by atoms with Crippen LogP contribution >= 0.6 is 11.8 Å². The molecule has 8 heteroatoms. The molecule has 1 aromatic heterocycles. The molecule has 2 fully saturated rings. The highest BCUT2D eigenvalue weighted by Gasteiger charge is 2.23. The summed E-state index contributed by atoms with van der Waals surface area (Å²) in [5, 5.41) is 20.1. The van der Waals surface area contributed by atoms with Gasteiger partial charge < -0.3 is 19.9 Å². The van der Waals surface area contributed by atoms with Gasteiger partial charge in [0.25, 0.3) is 0 Å². The number of thioether (sulfide) groups is 1. The van der Waals surface area contributed by atoms with Gasteiger partial charge in [-0.25, -0.2) is 4.98 Å². The number of nitrogens with two attached hydrogens (primary N) is 1. The van der Waals surface area contributed by atoms with E-state index >= 15 is 0 Å². The van der Waals surface area contributed by atoms with Crippen molar-refractivity contribution in [2.45, 2.75) is 24.0 Å². The third kappa shape index (κ3) is 4.36. The molecule has 0 bridgehead atoms. The highest BCUT2D eigenvalue weighted by Crippen LogP contribution is 2.37. The van der Waals surface area contributed by atoms with E-state index in [1.807, 2.05) is 24.3 Å². The van der Waals surface area contributed by atoms with Crippen LogP contribution in [0.1, 0.15) is 24.0 Å². The molecule has 2 saturated heterocycles. The molecular weight excluding hydrogens is 400 g/mol. The highest BCUT2D eigenvalue weighted by atomic mass is 32.2. The lowest BCUT2D eigenvalue weighted by Crippen LogP contribution is -2.15. The highest BCUT2D eigenvalue weighted by molar-refractivity contribution is 7.99. The molecule has 0 amide bonds. The predicted octanol–water partition coefficient (Wildman–Crippen LogP) is 3.37. The van der Waals surface area contributed by atoms with Crippen molar-refractivity contribution in [1.82, 2.24) is 4.98 Å². The summed E-state index contributed by atoms with van der Waals surface area (Å²) >= 11 is 1.49. The van der Waals surface area contributed by atoms with E-state index in [1.165, 1.54) is 11.8 Å². The van der Waals surface area contributed by atoms with Gasteiger partial charge >= 0.3 is 0 Å². The van der Waals surface area contributed by atoms with Crippen LogP contribution < -0.4 is 10.5 Å². The molecule has 0 aliphatic carbocycles. The minimum absolute atomic E-state index is 0.0549. The van der Waals surface area contributed by atoms with E-state index in [4.69, 9.17) is 19.9 Å². The van der Waals surface area contributed by atoms with Crippen LogP contribution in [0.4, 0.5) is 5.82 Å². The second kappa shape index (κ2) is 9.36. The normalized spacial score (nSPS) is 20.6. The lowest BCUT2D eigenvalue weighted by atomic mass is 9.97. The van der Waals surface area contributed by atoms with Crippen molar-refractivity contribution in [3.63, 3.8) is 0 Å². The number of pyridine rings is 1. The molecule has 30 heavy (non-hydrogen) atoms. The van der Waals surface area contributed by atoms with E-state index in [-0.39, 0.29) is 17.5 Å². The number of nitriles is 2. The van der Waals surface area contributed by atoms with E-state index in [1.54, 1.807) is 0 Å². The molecular formula is C22H22N4O3S. The Morgan fingerprint density at radius 3 is 2.43 bits per heavy atom. The van der Waals surface area contributed by atoms with Gasteiger partial charge in [0, 0.05) is 24.3 Å². The number of aromatic nitrogens is 1. The lowest BCUT2D eigenvalue weighted by molar-refractivity contribution is 0.141. The second-order valence-corrected chi connectivity index (χ2v) is 8.33. The topological polar surface area (TPSA) is 114 Å². The molecule has 3 heterocycles. The van der Waals surface area contributed by atoms with Gasteiger partial charge in [-0.2, -0.15) is 10.5 Å². The quantitative estimate of drug-likeness (QED) is 0.705. The maximum atomic E-state index is 9.89. The van der Waals surface area contributed by atoms with Crippen LogP contribution in [0.15, 0.2) is 29.3 Å². The van der Waals surface area contributed by atoms with E-state index in [0.29, 0.717) is 35.3 Å². The van der Waals surface area contributed by atoms with Crippen molar-refractivity contribution in [1.29, 1.82) is 10.5 Å². The van der Waals surface area contributed by atoms with E-state index < -0.39 is 0 Å². The first-order valence-corrected chi connectivity index (χ1v) is 10.9. The predicted molar refractivity (Wildman–Crippen MR) is 113 cm³/mol. The fourth-order valence-electron chi connectivity index (χ4n) is 3.60. The third-order valence-electron chi connectivity index (χ3n) is 5.23. The maximum absolute atomic E-state index is 9.89. The fourth-order valence-corrected chi connectivity index (χ4v) is 4.71. The zero-order chi connectivity index (χ0) is 20.9. The van der Waals surface area contributed by atoms with Crippen LogP contribution in [0.5, 0.6) is 5.75 Å². The zero-order valence-electron chi connectivity index (χ0n) is 16.5. The van der Waals surface area contributed by atoms with E-state index in [2.05, 4.69) is 17.1 Å². The number of nitrogens with zero attached hydrogens (tertiary/aromatic N) is 3. The Balaban J connectivity index is 1.64. The number of ether oxygens (including phenoxy) is 3. The summed E-state index contributed by atoms with van der Waals surface area (Å²) in [5.41, 5.74) is 7.95. The van der Waals surface area contributed by atoms with Crippen LogP contribution in [0.2, 0.25) is 0 Å². The summed E-state index contributed by atoms with van der Waals surface area (Å²) in [4.78, 5) is 4.36. The van der Waals surface area contributed by atoms with Crippen molar-refractivity contribution in [2.24, 2.45) is 5.92 Å². The zero-order valence-corrected chi connectivity index (χ0v) is 17.3. The van der Waals surface area contributed by atoms with E-state index in [9.17, 15) is 10.5 Å². The van der Waals surface area contributed by atoms with Gasteiger partial charge in [0.1, 0.15) is 40.4 Å². The fraction of sp³-hybridized carbons (Fsp3) is 0.409. The Bertz CT molecular complexity index is 985. The van der Waals surface area contributed by atoms with Crippen LogP contribution in [0.3, 0.4) is 0 Å². The van der Waals surface area contributed by atoms with Crippen molar-refractivity contribution >= 4 is 17.6 Å². The number of hydrogen-bond acceptors (Lipinski definition) is 8. The molecule has 2 unspecified atom stereocenters. The standard InChI is InChI=1S/C22H22N4O3S/c23-9-18-20(15-1-3-16(4-2-15)29-17-6-8-28-12-17)19(10-24)22(26-21(18)25)30-13-14-5-7-27-11-14/h1-4,14,17H,5-8,11-13H2,(H2,25,26). The minimum atomic E-state index is 0.0549. The number of rotatable bonds is 6. The average molecular weight is 423 g/mol. The van der Waals surface area contributed by atoms with Crippen molar-refractivity contribution < 1.29 is 14.2 Å². The summed E-state index contributed by atoms with van der Waals surface area (Å²) in [5.74, 6) is 2.09. The molecule has 7 nitrogen and oxygen atoms in total. The molecule has 2 aromatic rings. The van der Waals surface area contributed by atoms with Crippen LogP contribution in [0, 0.1) is 28.6 Å². The third-order valence-corrected chi connectivity index (χ3v) is 6.44. The lowest BCUT2D eigenvalue weighted by Gasteiger charge is -2.15. The van der Waals surface area contributed by atoms with Crippen molar-refractivity contribution in [3.05, 3.63) is 35.4 Å². The Morgan fingerprint density at radius 1 is 1.07 bits per heavy atom. The smallest absolute Gasteiger partial charge is 0.143 e. The van der Waals surface area contributed by atoms with Crippen LogP contribution in [-0.2, 0) is 9.47 Å². The first-order valence-electron chi connectivity index (χ1n) is 9.88. The summed E-state index contributed by atoms with van der Waals surface area (Å²) < 4.78 is 16.7. The number of hydrogen-bond donors (Lipinski definition) is 1. The molecule has 0 radical (unpaired) electrons. The molecule has 0 saturated carbocycles. The molecule has 154 valence electrons. The monoisotopic (exact) mass is 422 g/mol. The maximum Gasteiger partial charge on any atom is 0.143 e. The van der Waals surface area contributed by atoms with Gasteiger partial charge in [-0.3, -0.25) is 0 Å². The van der Waals surface area contributed by atoms with Crippen LogP contribution in [-0.4, -0.2) is 43.3 Å².